The molecule has 0 aliphatic carbocycles. The van der Waals surface area contributed by atoms with E-state index in [9.17, 15) is 4.79 Å². The average molecular weight is 394 g/mol. The zero-order valence-corrected chi connectivity index (χ0v) is 17.4. The summed E-state index contributed by atoms with van der Waals surface area (Å²) in [4.78, 5) is 19.7. The maximum atomic E-state index is 12.9. The molecule has 0 aromatic carbocycles. The van der Waals surface area contributed by atoms with Gasteiger partial charge in [-0.3, -0.25) is 9.78 Å². The number of aromatic nitrogens is 3. The molecule has 4 heterocycles. The van der Waals surface area contributed by atoms with Gasteiger partial charge < -0.3 is 13.9 Å². The van der Waals surface area contributed by atoms with E-state index in [1.165, 1.54) is 0 Å². The van der Waals surface area contributed by atoms with Crippen molar-refractivity contribution in [1.29, 1.82) is 0 Å². The molecule has 0 atom stereocenters. The van der Waals surface area contributed by atoms with Crippen LogP contribution in [0.1, 0.15) is 64.6 Å². The van der Waals surface area contributed by atoms with Crippen LogP contribution >= 0.6 is 0 Å². The largest absolute Gasteiger partial charge is 0.361 e. The molecule has 3 aromatic rings. The zero-order valence-electron chi connectivity index (χ0n) is 17.4. The first-order valence-electron chi connectivity index (χ1n) is 10.1. The molecule has 0 N–H and O–H groups in total. The number of aryl methyl sites for hydroxylation is 4. The molecule has 0 unspecified atom stereocenters. The summed E-state index contributed by atoms with van der Waals surface area (Å²) in [5.74, 6) is 1.79. The van der Waals surface area contributed by atoms with E-state index in [0.29, 0.717) is 36.0 Å². The van der Waals surface area contributed by atoms with Gasteiger partial charge in [0.2, 0.25) is 0 Å². The average Bonchev–Trinajstić information content (AvgIpc) is 3.29. The highest BCUT2D eigenvalue weighted by Gasteiger charge is 2.29. The summed E-state index contributed by atoms with van der Waals surface area (Å²) in [6.07, 6.45) is 2.55. The van der Waals surface area contributed by atoms with Gasteiger partial charge >= 0.3 is 0 Å². The number of amides is 1. The fourth-order valence-corrected chi connectivity index (χ4v) is 4.13. The molecule has 7 nitrogen and oxygen atoms in total. The number of piperidine rings is 1. The summed E-state index contributed by atoms with van der Waals surface area (Å²) in [5, 5.41) is 8.01. The Bertz CT molecular complexity index is 1010. The molecule has 0 spiro atoms. The second-order valence-electron chi connectivity index (χ2n) is 7.63. The van der Waals surface area contributed by atoms with Crippen LogP contribution in [-0.4, -0.2) is 39.2 Å². The van der Waals surface area contributed by atoms with Crippen LogP contribution in [0, 0.1) is 20.8 Å². The van der Waals surface area contributed by atoms with E-state index in [1.807, 2.05) is 30.9 Å². The van der Waals surface area contributed by atoms with Gasteiger partial charge in [0.15, 0.2) is 0 Å². The summed E-state index contributed by atoms with van der Waals surface area (Å²) >= 11 is 0. The van der Waals surface area contributed by atoms with Crippen LogP contribution in [-0.2, 0) is 6.42 Å². The van der Waals surface area contributed by atoms with Gasteiger partial charge in [0.25, 0.3) is 5.91 Å². The highest BCUT2D eigenvalue weighted by Crippen LogP contribution is 2.31. The first-order valence-corrected chi connectivity index (χ1v) is 10.1. The van der Waals surface area contributed by atoms with E-state index in [-0.39, 0.29) is 5.91 Å². The van der Waals surface area contributed by atoms with Gasteiger partial charge in [0.05, 0.1) is 22.6 Å². The second kappa shape index (κ2) is 7.81. The summed E-state index contributed by atoms with van der Waals surface area (Å²) in [7, 11) is 0. The molecular weight excluding hydrogens is 368 g/mol. The molecule has 0 radical (unpaired) electrons. The fourth-order valence-electron chi connectivity index (χ4n) is 4.13. The van der Waals surface area contributed by atoms with E-state index in [1.54, 1.807) is 6.92 Å². The van der Waals surface area contributed by atoms with E-state index in [2.05, 4.69) is 23.3 Å². The molecule has 1 aliphatic heterocycles. The van der Waals surface area contributed by atoms with E-state index in [0.717, 1.165) is 47.7 Å². The minimum absolute atomic E-state index is 0.00842. The predicted molar refractivity (Wildman–Crippen MR) is 108 cm³/mol. The normalized spacial score (nSPS) is 15.1. The monoisotopic (exact) mass is 394 g/mol. The molecule has 29 heavy (non-hydrogen) atoms. The van der Waals surface area contributed by atoms with Gasteiger partial charge in [-0.15, -0.1) is 0 Å². The Labute approximate surface area is 170 Å². The van der Waals surface area contributed by atoms with Crippen LogP contribution in [0.15, 0.2) is 27.2 Å². The molecule has 1 aliphatic rings. The van der Waals surface area contributed by atoms with E-state index >= 15 is 0 Å². The fraction of sp³-hybridized carbons (Fsp3) is 0.455. The van der Waals surface area contributed by atoms with Crippen LogP contribution < -0.4 is 0 Å². The Morgan fingerprint density at radius 1 is 1.10 bits per heavy atom. The standard InChI is InChI=1S/C22H26N4O3/c1-5-19-21(14(3)25-29-19)18-8-6-7-17(23-18)16-9-11-26(12-10-16)22(27)20-13(2)24-28-15(20)4/h6-8,16H,5,9-12H2,1-4H3. The van der Waals surface area contributed by atoms with Crippen molar-refractivity contribution in [3.05, 3.63) is 52.4 Å². The topological polar surface area (TPSA) is 85.3 Å². The maximum absolute atomic E-state index is 12.9. The maximum Gasteiger partial charge on any atom is 0.259 e. The Balaban J connectivity index is 1.49. The molecule has 0 bridgehead atoms. The molecule has 0 saturated carbocycles. The number of pyridine rings is 1. The summed E-state index contributed by atoms with van der Waals surface area (Å²) in [6, 6.07) is 6.14. The summed E-state index contributed by atoms with van der Waals surface area (Å²) in [5.41, 5.74) is 5.09. The minimum atomic E-state index is 0.00842. The molecule has 1 saturated heterocycles. The highest BCUT2D eigenvalue weighted by molar-refractivity contribution is 5.96. The molecule has 3 aromatic heterocycles. The Kier molecular flexibility index (Phi) is 5.22. The van der Waals surface area contributed by atoms with Crippen LogP contribution in [0.2, 0.25) is 0 Å². The van der Waals surface area contributed by atoms with Crippen LogP contribution in [0.3, 0.4) is 0 Å². The van der Waals surface area contributed by atoms with Gasteiger partial charge in [0.1, 0.15) is 17.1 Å². The first-order chi connectivity index (χ1) is 14.0. The Morgan fingerprint density at radius 2 is 1.83 bits per heavy atom. The van der Waals surface area contributed by atoms with Gasteiger partial charge in [0, 0.05) is 31.1 Å². The quantitative estimate of drug-likeness (QED) is 0.658. The minimum Gasteiger partial charge on any atom is -0.361 e. The van der Waals surface area contributed by atoms with E-state index < -0.39 is 0 Å². The molecule has 4 rings (SSSR count). The number of carbonyl (C=O) groups excluding carboxylic acids is 1. The van der Waals surface area contributed by atoms with Crippen molar-refractivity contribution in [2.24, 2.45) is 0 Å². The van der Waals surface area contributed by atoms with Gasteiger partial charge in [-0.2, -0.15) is 0 Å². The van der Waals surface area contributed by atoms with Gasteiger partial charge in [-0.25, -0.2) is 0 Å². The lowest BCUT2D eigenvalue weighted by molar-refractivity contribution is 0.0709. The first kappa shape index (κ1) is 19.4. The third-order valence-corrected chi connectivity index (χ3v) is 5.73. The predicted octanol–water partition coefficient (Wildman–Crippen LogP) is 4.23. The van der Waals surface area contributed by atoms with Crippen molar-refractivity contribution < 1.29 is 13.8 Å². The number of rotatable bonds is 4. The number of likely N-dealkylation sites (tertiary alicyclic amines) is 1. The number of carbonyl (C=O) groups is 1. The van der Waals surface area contributed by atoms with Gasteiger partial charge in [-0.05, 0) is 45.7 Å². The smallest absolute Gasteiger partial charge is 0.259 e. The molecule has 1 amide bonds. The molecule has 7 heteroatoms. The Morgan fingerprint density at radius 3 is 2.48 bits per heavy atom. The third kappa shape index (κ3) is 3.57. The molecule has 152 valence electrons. The van der Waals surface area contributed by atoms with Crippen molar-refractivity contribution in [2.45, 2.75) is 52.9 Å². The molecular formula is C22H26N4O3. The van der Waals surface area contributed by atoms with Crippen LogP contribution in [0.4, 0.5) is 0 Å². The summed E-state index contributed by atoms with van der Waals surface area (Å²) in [6.45, 7) is 9.00. The zero-order chi connectivity index (χ0) is 20.5. The van der Waals surface area contributed by atoms with Crippen molar-refractivity contribution >= 4 is 5.91 Å². The third-order valence-electron chi connectivity index (χ3n) is 5.73. The number of hydrogen-bond donors (Lipinski definition) is 0. The molecule has 1 fully saturated rings. The van der Waals surface area contributed by atoms with Crippen LogP contribution in [0.5, 0.6) is 0 Å². The lowest BCUT2D eigenvalue weighted by atomic mass is 9.92. The second-order valence-corrected chi connectivity index (χ2v) is 7.63. The van der Waals surface area contributed by atoms with Crippen molar-refractivity contribution in [3.63, 3.8) is 0 Å². The lowest BCUT2D eigenvalue weighted by Gasteiger charge is -2.31. The lowest BCUT2D eigenvalue weighted by Crippen LogP contribution is -2.38. The number of hydrogen-bond acceptors (Lipinski definition) is 6. The van der Waals surface area contributed by atoms with Crippen LogP contribution in [0.25, 0.3) is 11.3 Å². The SMILES string of the molecule is CCc1onc(C)c1-c1cccc(C2CCN(C(=O)c3c(C)noc3C)CC2)n1. The van der Waals surface area contributed by atoms with Crippen molar-refractivity contribution in [1.82, 2.24) is 20.2 Å². The summed E-state index contributed by atoms with van der Waals surface area (Å²) < 4.78 is 10.6. The number of nitrogens with zero attached hydrogens (tertiary/aromatic N) is 4. The Hall–Kier alpha value is -2.96. The van der Waals surface area contributed by atoms with Gasteiger partial charge in [-0.1, -0.05) is 23.3 Å². The van der Waals surface area contributed by atoms with Crippen molar-refractivity contribution in [3.8, 4) is 11.3 Å². The highest BCUT2D eigenvalue weighted by atomic mass is 16.5. The van der Waals surface area contributed by atoms with Crippen molar-refractivity contribution in [2.75, 3.05) is 13.1 Å². The van der Waals surface area contributed by atoms with E-state index in [4.69, 9.17) is 14.0 Å².